The lowest BCUT2D eigenvalue weighted by molar-refractivity contribution is 0.122. The molecule has 0 aliphatic carbocycles. The van der Waals surface area contributed by atoms with Crippen molar-refractivity contribution in [1.29, 1.82) is 0 Å². The molecule has 7 nitrogen and oxygen atoms in total. The zero-order chi connectivity index (χ0) is 17.6. The molecule has 2 aromatic heterocycles. The summed E-state index contributed by atoms with van der Waals surface area (Å²) in [6.07, 6.45) is 3.43. The van der Waals surface area contributed by atoms with Gasteiger partial charge in [-0.3, -0.25) is 0 Å². The van der Waals surface area contributed by atoms with Gasteiger partial charge in [-0.25, -0.2) is 9.97 Å². The van der Waals surface area contributed by atoms with E-state index >= 15 is 0 Å². The Balaban J connectivity index is 1.43. The van der Waals surface area contributed by atoms with Gasteiger partial charge < -0.3 is 20.3 Å². The molecule has 1 fully saturated rings. The lowest BCUT2D eigenvalue weighted by Crippen LogP contribution is -2.36. The third-order valence-corrected chi connectivity index (χ3v) is 4.08. The van der Waals surface area contributed by atoms with E-state index in [9.17, 15) is 0 Å². The van der Waals surface area contributed by atoms with Gasteiger partial charge >= 0.3 is 0 Å². The minimum atomic E-state index is 0.499. The molecular weight excluding hydrogens is 328 g/mol. The Bertz CT molecular complexity index is 834. The lowest BCUT2D eigenvalue weighted by Gasteiger charge is -2.28. The molecule has 26 heavy (non-hydrogen) atoms. The number of anilines is 5. The number of aromatic nitrogens is 3. The summed E-state index contributed by atoms with van der Waals surface area (Å²) >= 11 is 0. The van der Waals surface area contributed by atoms with Gasteiger partial charge in [0.2, 0.25) is 5.95 Å². The predicted molar refractivity (Wildman–Crippen MR) is 102 cm³/mol. The van der Waals surface area contributed by atoms with Crippen molar-refractivity contribution in [2.75, 3.05) is 41.8 Å². The van der Waals surface area contributed by atoms with Gasteiger partial charge in [0.15, 0.2) is 0 Å². The van der Waals surface area contributed by atoms with Gasteiger partial charge in [0.25, 0.3) is 0 Å². The zero-order valence-electron chi connectivity index (χ0n) is 14.3. The van der Waals surface area contributed by atoms with E-state index in [0.29, 0.717) is 11.8 Å². The van der Waals surface area contributed by atoms with Crippen LogP contribution in [0.15, 0.2) is 60.9 Å². The standard InChI is InChI=1S/C19H20N6O/c1-2-9-20-17(3-1)23-19-21-10-8-18(24-19)22-15-4-6-16(7-5-15)25-11-13-26-14-12-25/h1-10H,11-14H2,(H2,20,21,22,23,24). The highest BCUT2D eigenvalue weighted by atomic mass is 16.5. The molecule has 7 heteroatoms. The van der Waals surface area contributed by atoms with Gasteiger partial charge in [-0.1, -0.05) is 6.07 Å². The van der Waals surface area contributed by atoms with Crippen LogP contribution in [0.2, 0.25) is 0 Å². The molecule has 0 bridgehead atoms. The Morgan fingerprint density at radius 3 is 2.42 bits per heavy atom. The van der Waals surface area contributed by atoms with Crippen molar-refractivity contribution in [2.45, 2.75) is 0 Å². The summed E-state index contributed by atoms with van der Waals surface area (Å²) < 4.78 is 5.40. The Morgan fingerprint density at radius 2 is 1.65 bits per heavy atom. The lowest BCUT2D eigenvalue weighted by atomic mass is 10.2. The molecule has 0 saturated carbocycles. The number of benzene rings is 1. The third kappa shape index (κ3) is 4.07. The van der Waals surface area contributed by atoms with Crippen molar-refractivity contribution in [1.82, 2.24) is 15.0 Å². The quantitative estimate of drug-likeness (QED) is 0.733. The second kappa shape index (κ2) is 7.79. The Morgan fingerprint density at radius 1 is 0.808 bits per heavy atom. The van der Waals surface area contributed by atoms with E-state index in [-0.39, 0.29) is 0 Å². The first-order valence-electron chi connectivity index (χ1n) is 8.58. The van der Waals surface area contributed by atoms with Gasteiger partial charge in [-0.15, -0.1) is 0 Å². The maximum Gasteiger partial charge on any atom is 0.230 e. The molecule has 4 rings (SSSR count). The van der Waals surface area contributed by atoms with Crippen LogP contribution in [-0.2, 0) is 4.74 Å². The summed E-state index contributed by atoms with van der Waals surface area (Å²) in [5, 5.41) is 6.40. The van der Waals surface area contributed by atoms with E-state index < -0.39 is 0 Å². The largest absolute Gasteiger partial charge is 0.378 e. The van der Waals surface area contributed by atoms with Crippen LogP contribution in [0.4, 0.5) is 29.0 Å². The Hall–Kier alpha value is -3.19. The number of morpholine rings is 1. The van der Waals surface area contributed by atoms with Gasteiger partial charge in [-0.05, 0) is 42.5 Å². The highest BCUT2D eigenvalue weighted by molar-refractivity contribution is 5.62. The maximum absolute atomic E-state index is 5.40. The van der Waals surface area contributed by atoms with Crippen LogP contribution in [0.1, 0.15) is 0 Å². The first-order chi connectivity index (χ1) is 12.9. The average molecular weight is 348 g/mol. The molecular formula is C19H20N6O. The van der Waals surface area contributed by atoms with E-state index in [1.54, 1.807) is 12.4 Å². The smallest absolute Gasteiger partial charge is 0.230 e. The van der Waals surface area contributed by atoms with E-state index in [2.05, 4.69) is 54.8 Å². The molecule has 0 radical (unpaired) electrons. The molecule has 1 saturated heterocycles. The number of hydrogen-bond acceptors (Lipinski definition) is 7. The van der Waals surface area contributed by atoms with Crippen molar-refractivity contribution >= 4 is 29.0 Å². The number of nitrogens with zero attached hydrogens (tertiary/aromatic N) is 4. The minimum absolute atomic E-state index is 0.499. The molecule has 0 amide bonds. The third-order valence-electron chi connectivity index (χ3n) is 4.08. The first-order valence-corrected chi connectivity index (χ1v) is 8.58. The fourth-order valence-corrected chi connectivity index (χ4v) is 2.76. The number of ether oxygens (including phenoxy) is 1. The number of pyridine rings is 1. The SMILES string of the molecule is c1ccc(Nc2nccc(Nc3ccc(N4CCOCC4)cc3)n2)nc1. The van der Waals surface area contributed by atoms with Crippen LogP contribution in [0.3, 0.4) is 0 Å². The molecule has 1 aliphatic heterocycles. The van der Waals surface area contributed by atoms with Gasteiger partial charge in [-0.2, -0.15) is 4.98 Å². The molecule has 0 spiro atoms. The van der Waals surface area contributed by atoms with Crippen LogP contribution >= 0.6 is 0 Å². The van der Waals surface area contributed by atoms with Crippen molar-refractivity contribution < 1.29 is 4.74 Å². The van der Waals surface area contributed by atoms with Gasteiger partial charge in [0.1, 0.15) is 11.6 Å². The van der Waals surface area contributed by atoms with Crippen molar-refractivity contribution in [2.24, 2.45) is 0 Å². The minimum Gasteiger partial charge on any atom is -0.378 e. The summed E-state index contributed by atoms with van der Waals surface area (Å²) in [5.74, 6) is 1.93. The second-order valence-corrected chi connectivity index (χ2v) is 5.88. The molecule has 3 aromatic rings. The van der Waals surface area contributed by atoms with Gasteiger partial charge in [0.05, 0.1) is 13.2 Å². The fourth-order valence-electron chi connectivity index (χ4n) is 2.76. The summed E-state index contributed by atoms with van der Waals surface area (Å²) in [6, 6.07) is 15.8. The van der Waals surface area contributed by atoms with Crippen molar-refractivity contribution in [3.05, 3.63) is 60.9 Å². The Labute approximate surface area is 152 Å². The molecule has 1 aliphatic rings. The predicted octanol–water partition coefficient (Wildman–Crippen LogP) is 3.20. The van der Waals surface area contributed by atoms with Crippen LogP contribution in [0.25, 0.3) is 0 Å². The van der Waals surface area contributed by atoms with Crippen molar-refractivity contribution in [3.63, 3.8) is 0 Å². The maximum atomic E-state index is 5.40. The number of rotatable bonds is 5. The summed E-state index contributed by atoms with van der Waals surface area (Å²) in [7, 11) is 0. The number of nitrogens with one attached hydrogen (secondary N) is 2. The van der Waals surface area contributed by atoms with Crippen LogP contribution < -0.4 is 15.5 Å². The summed E-state index contributed by atoms with van der Waals surface area (Å²) in [4.78, 5) is 15.2. The molecule has 0 atom stereocenters. The topological polar surface area (TPSA) is 75.2 Å². The van der Waals surface area contributed by atoms with Crippen LogP contribution in [0.5, 0.6) is 0 Å². The normalized spacial score (nSPS) is 14.1. The molecule has 0 unspecified atom stereocenters. The zero-order valence-corrected chi connectivity index (χ0v) is 14.3. The molecule has 132 valence electrons. The summed E-state index contributed by atoms with van der Waals surface area (Å²) in [6.45, 7) is 3.43. The van der Waals surface area contributed by atoms with E-state index in [4.69, 9.17) is 4.74 Å². The average Bonchev–Trinajstić information content (AvgIpc) is 2.70. The highest BCUT2D eigenvalue weighted by Gasteiger charge is 2.10. The first kappa shape index (κ1) is 16.3. The van der Waals surface area contributed by atoms with Crippen molar-refractivity contribution in [3.8, 4) is 0 Å². The highest BCUT2D eigenvalue weighted by Crippen LogP contribution is 2.21. The molecule has 1 aromatic carbocycles. The molecule has 2 N–H and O–H groups in total. The van der Waals surface area contributed by atoms with E-state index in [1.165, 1.54) is 5.69 Å². The second-order valence-electron chi connectivity index (χ2n) is 5.88. The molecule has 3 heterocycles. The van der Waals surface area contributed by atoms with E-state index in [0.717, 1.165) is 37.8 Å². The number of hydrogen-bond donors (Lipinski definition) is 2. The Kier molecular flexibility index (Phi) is 4.88. The fraction of sp³-hybridized carbons (Fsp3) is 0.211. The monoisotopic (exact) mass is 348 g/mol. The van der Waals surface area contributed by atoms with E-state index in [1.807, 2.05) is 24.3 Å². The summed E-state index contributed by atoms with van der Waals surface area (Å²) in [5.41, 5.74) is 2.18. The van der Waals surface area contributed by atoms with Crippen LogP contribution in [-0.4, -0.2) is 41.3 Å². The van der Waals surface area contributed by atoms with Gasteiger partial charge in [0, 0.05) is 36.9 Å². The van der Waals surface area contributed by atoms with Crippen LogP contribution in [0, 0.1) is 0 Å².